The summed E-state index contributed by atoms with van der Waals surface area (Å²) in [5.74, 6) is 0. The molecular formula is C53H30F3N5. The van der Waals surface area contributed by atoms with Crippen LogP contribution in [0.15, 0.2) is 164 Å². The second-order valence-corrected chi connectivity index (χ2v) is 15.1. The zero-order valence-electron chi connectivity index (χ0n) is 32.5. The normalized spacial score (nSPS) is 11.6. The van der Waals surface area contributed by atoms with Gasteiger partial charge in [-0.3, -0.25) is 0 Å². The van der Waals surface area contributed by atoms with Crippen molar-refractivity contribution >= 4 is 49.3 Å². The molecule has 2 heterocycles. The zero-order chi connectivity index (χ0) is 42.0. The third-order valence-electron chi connectivity index (χ3n) is 11.4. The van der Waals surface area contributed by atoms with Gasteiger partial charge in [-0.1, -0.05) is 91.0 Å². The number of aryl methyl sites for hydroxylation is 1. The first-order valence-electron chi connectivity index (χ1n) is 19.5. The summed E-state index contributed by atoms with van der Waals surface area (Å²) in [5.41, 5.74) is 10.1. The van der Waals surface area contributed by atoms with Crippen molar-refractivity contribution in [3.05, 3.63) is 197 Å². The first kappa shape index (κ1) is 36.9. The van der Waals surface area contributed by atoms with Gasteiger partial charge >= 0.3 is 6.18 Å². The van der Waals surface area contributed by atoms with Crippen LogP contribution in [0, 0.1) is 36.2 Å². The minimum Gasteiger partial charge on any atom is -0.308 e. The predicted molar refractivity (Wildman–Crippen MR) is 237 cm³/mol. The Bertz CT molecular complexity index is 3350. The fourth-order valence-corrected chi connectivity index (χ4v) is 8.71. The van der Waals surface area contributed by atoms with Crippen LogP contribution in [0.3, 0.4) is 0 Å². The van der Waals surface area contributed by atoms with Gasteiger partial charge in [-0.25, -0.2) is 4.85 Å². The average Bonchev–Trinajstić information content (AvgIpc) is 3.80. The highest BCUT2D eigenvalue weighted by Crippen LogP contribution is 2.45. The molecule has 0 amide bonds. The lowest BCUT2D eigenvalue weighted by Gasteiger charge is -2.22. The Kier molecular flexibility index (Phi) is 8.58. The highest BCUT2D eigenvalue weighted by atomic mass is 19.4. The molecule has 0 aliphatic rings. The Morgan fingerprint density at radius 3 is 1.46 bits per heavy atom. The quantitative estimate of drug-likeness (QED) is 0.163. The maximum absolute atomic E-state index is 14.7. The minimum atomic E-state index is -4.61. The molecular weight excluding hydrogens is 764 g/mol. The van der Waals surface area contributed by atoms with E-state index in [0.29, 0.717) is 44.9 Å². The maximum Gasteiger partial charge on any atom is 0.416 e. The molecule has 61 heavy (non-hydrogen) atoms. The predicted octanol–water partition coefficient (Wildman–Crippen LogP) is 14.5. The summed E-state index contributed by atoms with van der Waals surface area (Å²) in [7, 11) is 0. The molecule has 10 aromatic rings. The molecule has 0 fully saturated rings. The van der Waals surface area contributed by atoms with Crippen LogP contribution < -0.4 is 0 Å². The molecule has 288 valence electrons. The Balaban J connectivity index is 1.32. The third-order valence-corrected chi connectivity index (χ3v) is 11.4. The van der Waals surface area contributed by atoms with Gasteiger partial charge in [0.05, 0.1) is 68.8 Å². The molecule has 8 heteroatoms. The number of nitriles is 2. The van der Waals surface area contributed by atoms with Crippen molar-refractivity contribution < 1.29 is 13.2 Å². The number of para-hydroxylation sites is 2. The molecule has 0 atom stereocenters. The van der Waals surface area contributed by atoms with Crippen molar-refractivity contribution in [2.24, 2.45) is 0 Å². The van der Waals surface area contributed by atoms with Crippen LogP contribution in [-0.2, 0) is 6.18 Å². The molecule has 10 rings (SSSR count). The van der Waals surface area contributed by atoms with Gasteiger partial charge < -0.3 is 9.13 Å². The highest BCUT2D eigenvalue weighted by molar-refractivity contribution is 6.13. The van der Waals surface area contributed by atoms with E-state index in [1.165, 1.54) is 6.07 Å². The lowest BCUT2D eigenvalue weighted by atomic mass is 9.95. The van der Waals surface area contributed by atoms with Crippen LogP contribution >= 0.6 is 0 Å². The minimum absolute atomic E-state index is 0.333. The van der Waals surface area contributed by atoms with E-state index in [4.69, 9.17) is 6.57 Å². The van der Waals surface area contributed by atoms with E-state index in [0.717, 1.165) is 71.9 Å². The standard InChI is InChI=1S/C53H30F3N5/c1-32-23-39(27-40(24-32)53(54,55)56)52-50(60-46-9-5-3-7-42(46)44-28-37(17-21-48(44)60)35-13-11-33(30-57)12-14-35)25-34(31-58)26-51(52)61-47-10-6-4-8-43(47)45-29-38(18-22-49(45)61)36-15-19-41(59-2)20-16-36/h3-29H,1H3. The SMILES string of the molecule is [C-]#[N+]c1ccc(-c2ccc3c(c2)c2ccccc2n3-c2cc(C#N)cc(-n3c4ccccc4c4cc(-c5ccc(C#N)cc5)ccc43)c2-c2cc(C)cc(C(F)(F)F)c2)cc1. The van der Waals surface area contributed by atoms with E-state index in [2.05, 4.69) is 38.3 Å². The molecule has 8 aromatic carbocycles. The van der Waals surface area contributed by atoms with Crippen molar-refractivity contribution in [1.82, 2.24) is 9.13 Å². The molecule has 0 aliphatic heterocycles. The second-order valence-electron chi connectivity index (χ2n) is 15.1. The van der Waals surface area contributed by atoms with Gasteiger partial charge in [0.25, 0.3) is 0 Å². The van der Waals surface area contributed by atoms with Crippen molar-refractivity contribution in [2.45, 2.75) is 13.1 Å². The first-order chi connectivity index (χ1) is 29.6. The number of alkyl halides is 3. The first-order valence-corrected chi connectivity index (χ1v) is 19.5. The summed E-state index contributed by atoms with van der Waals surface area (Å²) in [6, 6.07) is 55.1. The number of hydrogen-bond donors (Lipinski definition) is 0. The van der Waals surface area contributed by atoms with Crippen molar-refractivity contribution in [3.63, 3.8) is 0 Å². The van der Waals surface area contributed by atoms with Gasteiger partial charge in [-0.2, -0.15) is 23.7 Å². The number of rotatable bonds is 5. The summed E-state index contributed by atoms with van der Waals surface area (Å²) >= 11 is 0. The molecule has 5 nitrogen and oxygen atoms in total. The molecule has 0 unspecified atom stereocenters. The molecule has 2 aromatic heterocycles. The molecule has 0 aliphatic carbocycles. The summed E-state index contributed by atoms with van der Waals surface area (Å²) in [6.45, 7) is 9.06. The molecule has 0 N–H and O–H groups in total. The van der Waals surface area contributed by atoms with E-state index < -0.39 is 11.7 Å². The molecule has 0 bridgehead atoms. The summed E-state index contributed by atoms with van der Waals surface area (Å²) in [5, 5.41) is 23.8. The van der Waals surface area contributed by atoms with Gasteiger partial charge in [0, 0.05) is 27.1 Å². The van der Waals surface area contributed by atoms with Crippen molar-refractivity contribution in [1.29, 1.82) is 10.5 Å². The average molecular weight is 794 g/mol. The van der Waals surface area contributed by atoms with Gasteiger partial charge in [0.1, 0.15) is 0 Å². The smallest absolute Gasteiger partial charge is 0.308 e. The third kappa shape index (κ3) is 6.16. The zero-order valence-corrected chi connectivity index (χ0v) is 32.5. The van der Waals surface area contributed by atoms with Crippen LogP contribution in [0.25, 0.3) is 93.2 Å². The van der Waals surface area contributed by atoms with Crippen LogP contribution in [0.2, 0.25) is 0 Å². The van der Waals surface area contributed by atoms with Gasteiger partial charge in [0.2, 0.25) is 0 Å². The lowest BCUT2D eigenvalue weighted by molar-refractivity contribution is -0.137. The molecule has 0 radical (unpaired) electrons. The topological polar surface area (TPSA) is 61.8 Å². The van der Waals surface area contributed by atoms with Gasteiger partial charge in [-0.15, -0.1) is 0 Å². The van der Waals surface area contributed by atoms with Gasteiger partial charge in [-0.05, 0) is 113 Å². The van der Waals surface area contributed by atoms with E-state index >= 15 is 0 Å². The number of fused-ring (bicyclic) bond motifs is 6. The Labute approximate surface area is 348 Å². The Hall–Kier alpha value is -8.38. The number of nitrogens with zero attached hydrogens (tertiary/aromatic N) is 5. The molecule has 0 saturated carbocycles. The Morgan fingerprint density at radius 2 is 0.967 bits per heavy atom. The van der Waals surface area contributed by atoms with Crippen LogP contribution in [-0.4, -0.2) is 9.13 Å². The summed E-state index contributed by atoms with van der Waals surface area (Å²) in [6.07, 6.45) is -4.61. The fourth-order valence-electron chi connectivity index (χ4n) is 8.71. The molecule has 0 saturated heterocycles. The molecule has 0 spiro atoms. The highest BCUT2D eigenvalue weighted by Gasteiger charge is 2.32. The fraction of sp³-hybridized carbons (Fsp3) is 0.0377. The van der Waals surface area contributed by atoms with Crippen LogP contribution in [0.5, 0.6) is 0 Å². The monoisotopic (exact) mass is 793 g/mol. The number of hydrogen-bond acceptors (Lipinski definition) is 2. The number of aromatic nitrogens is 2. The largest absolute Gasteiger partial charge is 0.416 e. The summed E-state index contributed by atoms with van der Waals surface area (Å²) < 4.78 is 48.3. The van der Waals surface area contributed by atoms with E-state index in [9.17, 15) is 23.7 Å². The number of benzene rings is 8. The van der Waals surface area contributed by atoms with Crippen LogP contribution in [0.1, 0.15) is 22.3 Å². The van der Waals surface area contributed by atoms with Gasteiger partial charge in [0.15, 0.2) is 5.69 Å². The van der Waals surface area contributed by atoms with E-state index in [1.54, 1.807) is 49.4 Å². The van der Waals surface area contributed by atoms with Crippen molar-refractivity contribution in [2.75, 3.05) is 0 Å². The second kappa shape index (κ2) is 14.2. The summed E-state index contributed by atoms with van der Waals surface area (Å²) in [4.78, 5) is 3.54. The maximum atomic E-state index is 14.7. The lowest BCUT2D eigenvalue weighted by Crippen LogP contribution is -2.08. The van der Waals surface area contributed by atoms with E-state index in [-0.39, 0.29) is 0 Å². The van der Waals surface area contributed by atoms with Crippen LogP contribution in [0.4, 0.5) is 18.9 Å². The van der Waals surface area contributed by atoms with Crippen molar-refractivity contribution in [3.8, 4) is 56.9 Å². The number of halogens is 3. The van der Waals surface area contributed by atoms with E-state index in [1.807, 2.05) is 97.1 Å². The Morgan fingerprint density at radius 1 is 0.492 bits per heavy atom.